The Bertz CT molecular complexity index is 616. The molecule has 1 aliphatic heterocycles. The van der Waals surface area contributed by atoms with Crippen LogP contribution in [0.2, 0.25) is 0 Å². The van der Waals surface area contributed by atoms with Crippen molar-refractivity contribution < 1.29 is 14.3 Å². The van der Waals surface area contributed by atoms with Gasteiger partial charge < -0.3 is 9.47 Å². The maximum atomic E-state index is 12.1. The number of Topliss-reactive ketones (excluding diaryl/α,β-unsaturated/α-hetero) is 1. The lowest BCUT2D eigenvalue weighted by Gasteiger charge is -2.25. The molecule has 0 saturated carbocycles. The molecule has 0 radical (unpaired) electrons. The summed E-state index contributed by atoms with van der Waals surface area (Å²) in [6.07, 6.45) is 1.07. The molecule has 20 heavy (non-hydrogen) atoms. The Morgan fingerprint density at radius 2 is 1.90 bits per heavy atom. The number of benzene rings is 2. The highest BCUT2D eigenvalue weighted by atomic mass is 16.5. The Hall–Kier alpha value is -2.29. The Morgan fingerprint density at radius 3 is 2.65 bits per heavy atom. The Kier molecular flexibility index (Phi) is 3.42. The van der Waals surface area contributed by atoms with Gasteiger partial charge in [0.05, 0.1) is 12.7 Å². The molecule has 102 valence electrons. The van der Waals surface area contributed by atoms with E-state index in [-0.39, 0.29) is 11.9 Å². The number of carbonyl (C=O) groups excluding carboxylic acids is 1. The van der Waals surface area contributed by atoms with E-state index in [0.717, 1.165) is 17.7 Å². The number of carbonyl (C=O) groups is 1. The van der Waals surface area contributed by atoms with Crippen LogP contribution in [0.15, 0.2) is 48.5 Å². The summed E-state index contributed by atoms with van der Waals surface area (Å²) in [5.41, 5.74) is 1.83. The second-order valence-electron chi connectivity index (χ2n) is 4.92. The minimum Gasteiger partial charge on any atom is -0.497 e. The molecule has 2 aromatic rings. The van der Waals surface area contributed by atoms with Gasteiger partial charge in [-0.1, -0.05) is 24.3 Å². The van der Waals surface area contributed by atoms with Crippen molar-refractivity contribution in [3.8, 4) is 11.5 Å². The van der Waals surface area contributed by atoms with Crippen LogP contribution in [0.5, 0.6) is 11.5 Å². The third-order valence-electron chi connectivity index (χ3n) is 3.52. The molecular weight excluding hydrogens is 252 g/mol. The largest absolute Gasteiger partial charge is 0.497 e. The minimum absolute atomic E-state index is 0.0919. The fourth-order valence-corrected chi connectivity index (χ4v) is 2.48. The predicted molar refractivity (Wildman–Crippen MR) is 76.5 cm³/mol. The van der Waals surface area contributed by atoms with E-state index in [4.69, 9.17) is 9.47 Å². The summed E-state index contributed by atoms with van der Waals surface area (Å²) >= 11 is 0. The Labute approximate surface area is 118 Å². The molecule has 1 unspecified atom stereocenters. The molecule has 0 spiro atoms. The lowest BCUT2D eigenvalue weighted by molar-refractivity contribution is 0.0851. The predicted octanol–water partition coefficient (Wildman–Crippen LogP) is 3.27. The van der Waals surface area contributed by atoms with E-state index in [1.54, 1.807) is 7.11 Å². The molecule has 0 fully saturated rings. The molecule has 3 rings (SSSR count). The zero-order valence-electron chi connectivity index (χ0n) is 11.3. The third kappa shape index (κ3) is 2.52. The number of ketones is 1. The topological polar surface area (TPSA) is 35.5 Å². The van der Waals surface area contributed by atoms with Crippen LogP contribution >= 0.6 is 0 Å². The average Bonchev–Trinajstić information content (AvgIpc) is 2.48. The highest BCUT2D eigenvalue weighted by Gasteiger charge is 2.25. The molecule has 0 aliphatic carbocycles. The summed E-state index contributed by atoms with van der Waals surface area (Å²) in [5, 5.41) is 0. The lowest BCUT2D eigenvalue weighted by Crippen LogP contribution is -2.28. The number of fused-ring (bicyclic) bond motifs is 1. The number of ether oxygens (including phenoxy) is 2. The van der Waals surface area contributed by atoms with Crippen LogP contribution in [0.25, 0.3) is 0 Å². The van der Waals surface area contributed by atoms with E-state index in [1.807, 2.05) is 48.5 Å². The standard InChI is InChI=1S/C17H16O3/c1-19-13-8-6-12(7-9-13)10-14-11-16(18)15-4-2-3-5-17(15)20-14/h2-9,14H,10-11H2,1H3. The molecule has 1 atom stereocenters. The van der Waals surface area contributed by atoms with Gasteiger partial charge in [-0.3, -0.25) is 4.79 Å². The van der Waals surface area contributed by atoms with Gasteiger partial charge in [0.1, 0.15) is 17.6 Å². The zero-order valence-corrected chi connectivity index (χ0v) is 11.3. The van der Waals surface area contributed by atoms with Gasteiger partial charge in [-0.25, -0.2) is 0 Å². The second-order valence-corrected chi connectivity index (χ2v) is 4.92. The first kappa shape index (κ1) is 12.7. The smallest absolute Gasteiger partial charge is 0.170 e. The van der Waals surface area contributed by atoms with Crippen LogP contribution in [0.3, 0.4) is 0 Å². The van der Waals surface area contributed by atoms with E-state index in [1.165, 1.54) is 0 Å². The third-order valence-corrected chi connectivity index (χ3v) is 3.52. The summed E-state index contributed by atoms with van der Waals surface area (Å²) in [7, 11) is 1.65. The molecule has 0 saturated heterocycles. The Balaban J connectivity index is 1.75. The van der Waals surface area contributed by atoms with E-state index in [0.29, 0.717) is 17.7 Å². The SMILES string of the molecule is COc1ccc(CC2CC(=O)c3ccccc3O2)cc1. The molecule has 3 nitrogen and oxygen atoms in total. The zero-order chi connectivity index (χ0) is 13.9. The molecule has 0 bridgehead atoms. The van der Waals surface area contributed by atoms with E-state index in [9.17, 15) is 4.79 Å². The highest BCUT2D eigenvalue weighted by Crippen LogP contribution is 2.28. The number of hydrogen-bond donors (Lipinski definition) is 0. The van der Waals surface area contributed by atoms with Crippen molar-refractivity contribution in [2.24, 2.45) is 0 Å². The lowest BCUT2D eigenvalue weighted by atomic mass is 9.96. The van der Waals surface area contributed by atoms with E-state index < -0.39 is 0 Å². The van der Waals surface area contributed by atoms with Crippen LogP contribution in [-0.4, -0.2) is 19.0 Å². The van der Waals surface area contributed by atoms with Crippen molar-refractivity contribution in [3.63, 3.8) is 0 Å². The van der Waals surface area contributed by atoms with Crippen LogP contribution < -0.4 is 9.47 Å². The first-order chi connectivity index (χ1) is 9.76. The van der Waals surface area contributed by atoms with Gasteiger partial charge in [0.2, 0.25) is 0 Å². The quantitative estimate of drug-likeness (QED) is 0.857. The van der Waals surface area contributed by atoms with Gasteiger partial charge >= 0.3 is 0 Å². The van der Waals surface area contributed by atoms with E-state index >= 15 is 0 Å². The van der Waals surface area contributed by atoms with Crippen molar-refractivity contribution in [2.75, 3.05) is 7.11 Å². The molecule has 2 aromatic carbocycles. The first-order valence-electron chi connectivity index (χ1n) is 6.68. The van der Waals surface area contributed by atoms with Crippen molar-refractivity contribution >= 4 is 5.78 Å². The van der Waals surface area contributed by atoms with Crippen LogP contribution in [0.4, 0.5) is 0 Å². The number of methoxy groups -OCH3 is 1. The van der Waals surface area contributed by atoms with Crippen LogP contribution in [0, 0.1) is 0 Å². The average molecular weight is 268 g/mol. The molecule has 0 aromatic heterocycles. The summed E-state index contributed by atoms with van der Waals surface area (Å²) in [5.74, 6) is 1.69. The Morgan fingerprint density at radius 1 is 1.15 bits per heavy atom. The minimum atomic E-state index is -0.0919. The van der Waals surface area contributed by atoms with Crippen molar-refractivity contribution in [3.05, 3.63) is 59.7 Å². The summed E-state index contributed by atoms with van der Waals surface area (Å²) in [4.78, 5) is 12.1. The summed E-state index contributed by atoms with van der Waals surface area (Å²) in [6, 6.07) is 15.3. The summed E-state index contributed by atoms with van der Waals surface area (Å²) in [6.45, 7) is 0. The van der Waals surface area contributed by atoms with E-state index in [2.05, 4.69) is 0 Å². The normalized spacial score (nSPS) is 17.2. The molecule has 0 N–H and O–H groups in total. The fraction of sp³-hybridized carbons (Fsp3) is 0.235. The first-order valence-corrected chi connectivity index (χ1v) is 6.68. The molecule has 3 heteroatoms. The van der Waals surface area contributed by atoms with Gasteiger partial charge in [-0.2, -0.15) is 0 Å². The monoisotopic (exact) mass is 268 g/mol. The molecule has 1 aliphatic rings. The maximum Gasteiger partial charge on any atom is 0.170 e. The van der Waals surface area contributed by atoms with Crippen molar-refractivity contribution in [1.29, 1.82) is 0 Å². The highest BCUT2D eigenvalue weighted by molar-refractivity contribution is 5.99. The maximum absolute atomic E-state index is 12.1. The van der Waals surface area contributed by atoms with Gasteiger partial charge in [0.15, 0.2) is 5.78 Å². The van der Waals surface area contributed by atoms with Gasteiger partial charge in [0, 0.05) is 12.8 Å². The molecule has 0 amide bonds. The summed E-state index contributed by atoms with van der Waals surface area (Å²) < 4.78 is 11.0. The van der Waals surface area contributed by atoms with Gasteiger partial charge in [-0.15, -0.1) is 0 Å². The van der Waals surface area contributed by atoms with Crippen LogP contribution in [0.1, 0.15) is 22.3 Å². The van der Waals surface area contributed by atoms with Gasteiger partial charge in [-0.05, 0) is 29.8 Å². The molecular formula is C17H16O3. The number of rotatable bonds is 3. The second kappa shape index (κ2) is 5.37. The fourth-order valence-electron chi connectivity index (χ4n) is 2.48. The number of hydrogen-bond acceptors (Lipinski definition) is 3. The van der Waals surface area contributed by atoms with Crippen molar-refractivity contribution in [2.45, 2.75) is 18.9 Å². The van der Waals surface area contributed by atoms with Crippen LogP contribution in [-0.2, 0) is 6.42 Å². The van der Waals surface area contributed by atoms with Gasteiger partial charge in [0.25, 0.3) is 0 Å². The van der Waals surface area contributed by atoms with Crippen molar-refractivity contribution in [1.82, 2.24) is 0 Å². The molecule has 1 heterocycles. The number of para-hydroxylation sites is 1.